The molecule has 0 aliphatic rings. The van der Waals surface area contributed by atoms with Crippen molar-refractivity contribution in [2.75, 3.05) is 13.7 Å². The number of hydrogen-bond donors (Lipinski definition) is 0. The molecule has 0 fully saturated rings. The summed E-state index contributed by atoms with van der Waals surface area (Å²) in [5.74, 6) is 1.57. The number of esters is 1. The molecule has 0 spiro atoms. The number of rotatable bonds is 9. The van der Waals surface area contributed by atoms with Crippen molar-refractivity contribution in [2.24, 2.45) is 0 Å². The average Bonchev–Trinajstić information content (AvgIpc) is 3.43. The van der Waals surface area contributed by atoms with E-state index >= 15 is 0 Å². The molecule has 0 saturated carbocycles. The summed E-state index contributed by atoms with van der Waals surface area (Å²) in [6.07, 6.45) is 3.11. The fraction of sp³-hybridized carbons (Fsp3) is 0.250. The molecular formula is C24H24N2O3S. The average molecular weight is 421 g/mol. The van der Waals surface area contributed by atoms with Gasteiger partial charge in [-0.25, -0.2) is 4.98 Å². The second-order valence-electron chi connectivity index (χ2n) is 7.00. The Labute approximate surface area is 179 Å². The minimum atomic E-state index is -0.156. The number of imidazole rings is 1. The number of unbranched alkanes of at least 4 members (excludes halogenated alkanes) is 2. The molecule has 30 heavy (non-hydrogen) atoms. The fourth-order valence-electron chi connectivity index (χ4n) is 3.42. The lowest BCUT2D eigenvalue weighted by Crippen LogP contribution is -2.01. The van der Waals surface area contributed by atoms with Crippen molar-refractivity contribution in [3.63, 3.8) is 0 Å². The van der Waals surface area contributed by atoms with Gasteiger partial charge in [0.05, 0.1) is 30.4 Å². The van der Waals surface area contributed by atoms with Gasteiger partial charge < -0.3 is 9.47 Å². The van der Waals surface area contributed by atoms with Crippen molar-refractivity contribution in [1.82, 2.24) is 9.55 Å². The van der Waals surface area contributed by atoms with Gasteiger partial charge in [0.25, 0.3) is 0 Å². The third-order valence-corrected chi connectivity index (χ3v) is 5.61. The van der Waals surface area contributed by atoms with Gasteiger partial charge in [-0.3, -0.25) is 9.36 Å². The minimum Gasteiger partial charge on any atom is -0.494 e. The molecule has 0 unspecified atom stereocenters. The largest absolute Gasteiger partial charge is 0.494 e. The van der Waals surface area contributed by atoms with Gasteiger partial charge in [0.1, 0.15) is 11.6 Å². The summed E-state index contributed by atoms with van der Waals surface area (Å²) >= 11 is 1.67. The van der Waals surface area contributed by atoms with Crippen LogP contribution in [0.2, 0.25) is 0 Å². The second-order valence-corrected chi connectivity index (χ2v) is 7.78. The number of aromatic nitrogens is 2. The summed E-state index contributed by atoms with van der Waals surface area (Å²) in [7, 11) is 1.42. The lowest BCUT2D eigenvalue weighted by atomic mass is 10.2. The molecule has 0 saturated heterocycles. The fourth-order valence-corrected chi connectivity index (χ4v) is 4.04. The van der Waals surface area contributed by atoms with Crippen LogP contribution in [-0.4, -0.2) is 29.2 Å². The van der Waals surface area contributed by atoms with Gasteiger partial charge >= 0.3 is 5.97 Å². The molecule has 2 aromatic carbocycles. The van der Waals surface area contributed by atoms with Crippen molar-refractivity contribution in [1.29, 1.82) is 0 Å². The van der Waals surface area contributed by atoms with Crippen molar-refractivity contribution in [3.05, 3.63) is 65.4 Å². The third kappa shape index (κ3) is 4.54. The number of carbonyl (C=O) groups is 1. The van der Waals surface area contributed by atoms with E-state index < -0.39 is 0 Å². The Morgan fingerprint density at radius 3 is 2.70 bits per heavy atom. The Hall–Kier alpha value is -3.12. The molecule has 0 atom stereocenters. The molecule has 0 amide bonds. The van der Waals surface area contributed by atoms with E-state index in [2.05, 4.69) is 44.3 Å². The van der Waals surface area contributed by atoms with Crippen LogP contribution in [0.1, 0.15) is 25.7 Å². The van der Waals surface area contributed by atoms with Crippen molar-refractivity contribution in [3.8, 4) is 22.8 Å². The number of hydrogen-bond acceptors (Lipinski definition) is 5. The number of benzene rings is 2. The molecule has 0 aliphatic carbocycles. The maximum Gasteiger partial charge on any atom is 0.305 e. The molecule has 0 N–H and O–H groups in total. The van der Waals surface area contributed by atoms with E-state index in [9.17, 15) is 4.79 Å². The summed E-state index contributed by atoms with van der Waals surface area (Å²) in [5.41, 5.74) is 4.15. The van der Waals surface area contributed by atoms with E-state index in [4.69, 9.17) is 9.72 Å². The number of thiophene rings is 1. The monoisotopic (exact) mass is 420 g/mol. The highest BCUT2D eigenvalue weighted by molar-refractivity contribution is 7.08. The van der Waals surface area contributed by atoms with Crippen LogP contribution in [-0.2, 0) is 9.53 Å². The van der Waals surface area contributed by atoms with E-state index in [1.807, 2.05) is 30.3 Å². The van der Waals surface area contributed by atoms with Gasteiger partial charge in [-0.2, -0.15) is 11.3 Å². The van der Waals surface area contributed by atoms with Gasteiger partial charge in [0.2, 0.25) is 0 Å². The molecule has 0 aliphatic heterocycles. The van der Waals surface area contributed by atoms with Crippen LogP contribution in [0.15, 0.2) is 65.4 Å². The van der Waals surface area contributed by atoms with E-state index in [-0.39, 0.29) is 5.97 Å². The van der Waals surface area contributed by atoms with Crippen LogP contribution < -0.4 is 4.74 Å². The van der Waals surface area contributed by atoms with Crippen LogP contribution in [0.5, 0.6) is 5.75 Å². The zero-order valence-electron chi connectivity index (χ0n) is 16.9. The van der Waals surface area contributed by atoms with Gasteiger partial charge in [-0.15, -0.1) is 0 Å². The second kappa shape index (κ2) is 9.59. The SMILES string of the molecule is COC(=O)CCCCCOc1ccc2c(c1)nc(-c1ccccc1)n2-c1ccsc1. The van der Waals surface area contributed by atoms with Crippen LogP contribution in [0, 0.1) is 0 Å². The first-order chi connectivity index (χ1) is 14.8. The maximum atomic E-state index is 11.1. The number of fused-ring (bicyclic) bond motifs is 1. The molecule has 2 heterocycles. The third-order valence-electron chi connectivity index (χ3n) is 4.94. The Balaban J connectivity index is 1.51. The molecule has 4 aromatic rings. The quantitative estimate of drug-likeness (QED) is 0.251. The molecule has 0 bridgehead atoms. The smallest absolute Gasteiger partial charge is 0.305 e. The van der Waals surface area contributed by atoms with Crippen molar-refractivity contribution >= 4 is 28.3 Å². The molecule has 5 nitrogen and oxygen atoms in total. The topological polar surface area (TPSA) is 53.4 Å². The van der Waals surface area contributed by atoms with Crippen LogP contribution in [0.4, 0.5) is 0 Å². The maximum absolute atomic E-state index is 11.1. The summed E-state index contributed by atoms with van der Waals surface area (Å²) in [6, 6.07) is 18.4. The van der Waals surface area contributed by atoms with Crippen molar-refractivity contribution < 1.29 is 14.3 Å². The van der Waals surface area contributed by atoms with Crippen molar-refractivity contribution in [2.45, 2.75) is 25.7 Å². The summed E-state index contributed by atoms with van der Waals surface area (Å²) in [5, 5.41) is 4.21. The summed E-state index contributed by atoms with van der Waals surface area (Å²) < 4.78 is 12.8. The standard InChI is InChI=1S/C24H24N2O3S/c1-28-23(27)10-6-3-7-14-29-20-11-12-22-21(16-20)25-24(18-8-4-2-5-9-18)26(22)19-13-15-30-17-19/h2,4-5,8-9,11-13,15-17H,3,6-7,10,14H2,1H3. The van der Waals surface area contributed by atoms with Crippen LogP contribution in [0.25, 0.3) is 28.1 Å². The predicted octanol–water partition coefficient (Wildman–Crippen LogP) is 5.87. The summed E-state index contributed by atoms with van der Waals surface area (Å²) in [4.78, 5) is 16.1. The highest BCUT2D eigenvalue weighted by Gasteiger charge is 2.15. The summed E-state index contributed by atoms with van der Waals surface area (Å²) in [6.45, 7) is 0.615. The normalized spacial score (nSPS) is 11.0. The highest BCUT2D eigenvalue weighted by Crippen LogP contribution is 2.31. The Morgan fingerprint density at radius 1 is 1.07 bits per heavy atom. The molecule has 6 heteroatoms. The first-order valence-corrected chi connectivity index (χ1v) is 11.0. The molecule has 4 rings (SSSR count). The van der Waals surface area contributed by atoms with Crippen LogP contribution in [0.3, 0.4) is 0 Å². The molecular weight excluding hydrogens is 396 g/mol. The number of carbonyl (C=O) groups excluding carboxylic acids is 1. The lowest BCUT2D eigenvalue weighted by molar-refractivity contribution is -0.140. The van der Waals surface area contributed by atoms with E-state index in [0.717, 1.165) is 53.1 Å². The van der Waals surface area contributed by atoms with Crippen LogP contribution >= 0.6 is 11.3 Å². The lowest BCUT2D eigenvalue weighted by Gasteiger charge is -2.08. The zero-order valence-corrected chi connectivity index (χ0v) is 17.7. The molecule has 0 radical (unpaired) electrons. The number of ether oxygens (including phenoxy) is 2. The minimum absolute atomic E-state index is 0.156. The number of nitrogens with zero attached hydrogens (tertiary/aromatic N) is 2. The molecule has 2 aromatic heterocycles. The first kappa shape index (κ1) is 20.2. The van der Waals surface area contributed by atoms with E-state index in [1.165, 1.54) is 7.11 Å². The molecule has 154 valence electrons. The Kier molecular flexibility index (Phi) is 6.44. The first-order valence-electron chi connectivity index (χ1n) is 10.1. The number of methoxy groups -OCH3 is 1. The predicted molar refractivity (Wildman–Crippen MR) is 120 cm³/mol. The Morgan fingerprint density at radius 2 is 1.93 bits per heavy atom. The van der Waals surface area contributed by atoms with Gasteiger partial charge in [-0.05, 0) is 42.8 Å². The van der Waals surface area contributed by atoms with Gasteiger partial charge in [0.15, 0.2) is 0 Å². The van der Waals surface area contributed by atoms with E-state index in [1.54, 1.807) is 11.3 Å². The van der Waals surface area contributed by atoms with Gasteiger partial charge in [-0.1, -0.05) is 30.3 Å². The Bertz CT molecular complexity index is 1100. The van der Waals surface area contributed by atoms with E-state index in [0.29, 0.717) is 13.0 Å². The highest BCUT2D eigenvalue weighted by atomic mass is 32.1. The zero-order chi connectivity index (χ0) is 20.8. The van der Waals surface area contributed by atoms with Gasteiger partial charge in [0, 0.05) is 23.4 Å².